The molecule has 5 heteroatoms. The Hall–Kier alpha value is -1.49. The quantitative estimate of drug-likeness (QED) is 0.774. The maximum atomic E-state index is 12.8. The first-order valence-electron chi connectivity index (χ1n) is 8.47. The second kappa shape index (κ2) is 7.39. The molecule has 1 fully saturated rings. The van der Waals surface area contributed by atoms with Crippen LogP contribution >= 0.6 is 11.8 Å². The number of imidazole rings is 1. The molecular weight excluding hydrogens is 306 g/mol. The van der Waals surface area contributed by atoms with Crippen molar-refractivity contribution in [3.8, 4) is 0 Å². The van der Waals surface area contributed by atoms with E-state index in [-0.39, 0.29) is 5.91 Å². The molecule has 4 nitrogen and oxygen atoms in total. The van der Waals surface area contributed by atoms with Crippen LogP contribution in [0.2, 0.25) is 0 Å². The van der Waals surface area contributed by atoms with Crippen molar-refractivity contribution in [1.29, 1.82) is 0 Å². The van der Waals surface area contributed by atoms with E-state index in [2.05, 4.69) is 4.98 Å². The van der Waals surface area contributed by atoms with E-state index >= 15 is 0 Å². The van der Waals surface area contributed by atoms with Gasteiger partial charge in [0.15, 0.2) is 10.9 Å². The Morgan fingerprint density at radius 3 is 2.87 bits per heavy atom. The van der Waals surface area contributed by atoms with Crippen LogP contribution < -0.4 is 0 Å². The molecule has 2 heterocycles. The third-order valence-corrected chi connectivity index (χ3v) is 5.50. The van der Waals surface area contributed by atoms with Gasteiger partial charge in [0.05, 0.1) is 5.52 Å². The van der Waals surface area contributed by atoms with Crippen molar-refractivity contribution in [2.24, 2.45) is 5.92 Å². The maximum absolute atomic E-state index is 12.8. The molecule has 0 N–H and O–H groups in total. The smallest absolute Gasteiger partial charge is 0.274 e. The SMILES string of the molecule is CSc1nc(C(=O)N(C)CCC2CCCCC2)c2ccccn12. The maximum Gasteiger partial charge on any atom is 0.274 e. The average Bonchev–Trinajstić information content (AvgIpc) is 2.98. The van der Waals surface area contributed by atoms with Crippen molar-refractivity contribution >= 4 is 23.2 Å². The van der Waals surface area contributed by atoms with Gasteiger partial charge in [-0.2, -0.15) is 0 Å². The Kier molecular flexibility index (Phi) is 5.26. The fourth-order valence-corrected chi connectivity index (χ4v) is 3.98. The second-order valence-electron chi connectivity index (χ2n) is 6.42. The van der Waals surface area contributed by atoms with Gasteiger partial charge < -0.3 is 4.90 Å². The van der Waals surface area contributed by atoms with E-state index < -0.39 is 0 Å². The van der Waals surface area contributed by atoms with E-state index in [1.807, 2.05) is 47.0 Å². The molecule has 0 radical (unpaired) electrons. The Labute approximate surface area is 142 Å². The lowest BCUT2D eigenvalue weighted by atomic mass is 9.87. The van der Waals surface area contributed by atoms with E-state index in [0.717, 1.165) is 29.6 Å². The van der Waals surface area contributed by atoms with Crippen molar-refractivity contribution < 1.29 is 4.79 Å². The number of pyridine rings is 1. The number of nitrogens with zero attached hydrogens (tertiary/aromatic N) is 3. The Morgan fingerprint density at radius 1 is 1.35 bits per heavy atom. The molecule has 23 heavy (non-hydrogen) atoms. The van der Waals surface area contributed by atoms with Crippen molar-refractivity contribution in [2.45, 2.75) is 43.7 Å². The zero-order valence-electron chi connectivity index (χ0n) is 14.0. The number of fused-ring (bicyclic) bond motifs is 1. The van der Waals surface area contributed by atoms with Gasteiger partial charge in [0, 0.05) is 19.8 Å². The minimum atomic E-state index is 0.0322. The molecule has 124 valence electrons. The van der Waals surface area contributed by atoms with E-state index in [1.165, 1.54) is 32.1 Å². The fourth-order valence-electron chi connectivity index (χ4n) is 3.45. The van der Waals surface area contributed by atoms with Crippen molar-refractivity contribution in [3.05, 3.63) is 30.1 Å². The first-order chi connectivity index (χ1) is 11.2. The van der Waals surface area contributed by atoms with Gasteiger partial charge in [-0.1, -0.05) is 49.9 Å². The molecule has 0 spiro atoms. The number of thioether (sulfide) groups is 1. The van der Waals surface area contributed by atoms with Gasteiger partial charge >= 0.3 is 0 Å². The van der Waals surface area contributed by atoms with Gasteiger partial charge in [-0.25, -0.2) is 4.98 Å². The highest BCUT2D eigenvalue weighted by molar-refractivity contribution is 7.98. The first-order valence-corrected chi connectivity index (χ1v) is 9.69. The van der Waals surface area contributed by atoms with E-state index in [9.17, 15) is 4.79 Å². The second-order valence-corrected chi connectivity index (χ2v) is 7.20. The van der Waals surface area contributed by atoms with Crippen LogP contribution in [0, 0.1) is 5.92 Å². The highest BCUT2D eigenvalue weighted by Crippen LogP contribution is 2.27. The number of hydrogen-bond donors (Lipinski definition) is 0. The van der Waals surface area contributed by atoms with E-state index in [0.29, 0.717) is 5.69 Å². The summed E-state index contributed by atoms with van der Waals surface area (Å²) < 4.78 is 1.99. The molecule has 1 aliphatic carbocycles. The van der Waals surface area contributed by atoms with E-state index in [4.69, 9.17) is 0 Å². The predicted molar refractivity (Wildman–Crippen MR) is 95.1 cm³/mol. The summed E-state index contributed by atoms with van der Waals surface area (Å²) >= 11 is 1.57. The van der Waals surface area contributed by atoms with Crippen LogP contribution in [0.3, 0.4) is 0 Å². The molecule has 3 rings (SSSR count). The predicted octanol–water partition coefficient (Wildman–Crippen LogP) is 4.10. The highest BCUT2D eigenvalue weighted by atomic mass is 32.2. The van der Waals surface area contributed by atoms with Crippen LogP contribution in [0.15, 0.2) is 29.6 Å². The molecule has 1 saturated carbocycles. The number of carbonyl (C=O) groups excluding carboxylic acids is 1. The molecule has 2 aromatic rings. The van der Waals surface area contributed by atoms with Crippen molar-refractivity contribution in [2.75, 3.05) is 19.8 Å². The largest absolute Gasteiger partial charge is 0.340 e. The third kappa shape index (κ3) is 3.55. The zero-order chi connectivity index (χ0) is 16.2. The average molecular weight is 331 g/mol. The normalized spacial score (nSPS) is 15.9. The van der Waals surface area contributed by atoms with Crippen LogP contribution in [-0.2, 0) is 0 Å². The van der Waals surface area contributed by atoms with Crippen molar-refractivity contribution in [1.82, 2.24) is 14.3 Å². The number of carbonyl (C=O) groups is 1. The summed E-state index contributed by atoms with van der Waals surface area (Å²) in [6, 6.07) is 5.89. The summed E-state index contributed by atoms with van der Waals surface area (Å²) in [5.74, 6) is 0.823. The number of rotatable bonds is 5. The van der Waals surface area contributed by atoms with Crippen LogP contribution in [0.5, 0.6) is 0 Å². The minimum Gasteiger partial charge on any atom is -0.340 e. The Bertz CT molecular complexity index is 676. The van der Waals surface area contributed by atoms with Gasteiger partial charge in [0.2, 0.25) is 0 Å². The number of amides is 1. The molecule has 0 aliphatic heterocycles. The number of aromatic nitrogens is 2. The molecule has 0 saturated heterocycles. The summed E-state index contributed by atoms with van der Waals surface area (Å²) in [6.07, 6.45) is 11.8. The molecule has 0 atom stereocenters. The van der Waals surface area contributed by atoms with Gasteiger partial charge in [0.25, 0.3) is 5.91 Å². The monoisotopic (exact) mass is 331 g/mol. The summed E-state index contributed by atoms with van der Waals surface area (Å²) in [6.45, 7) is 0.823. The molecule has 2 aromatic heterocycles. The van der Waals surface area contributed by atoms with Crippen LogP contribution in [0.1, 0.15) is 49.0 Å². The van der Waals surface area contributed by atoms with Gasteiger partial charge in [-0.15, -0.1) is 0 Å². The lowest BCUT2D eigenvalue weighted by Crippen LogP contribution is -2.29. The fraction of sp³-hybridized carbons (Fsp3) is 0.556. The van der Waals surface area contributed by atoms with Crippen molar-refractivity contribution in [3.63, 3.8) is 0 Å². The molecular formula is C18H25N3OS. The lowest BCUT2D eigenvalue weighted by Gasteiger charge is -2.24. The third-order valence-electron chi connectivity index (χ3n) is 4.85. The standard InChI is InChI=1S/C18H25N3OS/c1-20(13-11-14-8-4-3-5-9-14)17(22)16-15-10-6-7-12-21(15)18(19-16)23-2/h6-7,10,12,14H,3-5,8-9,11,13H2,1-2H3. The van der Waals surface area contributed by atoms with Crippen LogP contribution in [0.25, 0.3) is 5.52 Å². The molecule has 0 unspecified atom stereocenters. The summed E-state index contributed by atoms with van der Waals surface area (Å²) in [7, 11) is 1.90. The molecule has 1 aliphatic rings. The summed E-state index contributed by atoms with van der Waals surface area (Å²) in [5.41, 5.74) is 1.47. The highest BCUT2D eigenvalue weighted by Gasteiger charge is 2.21. The Morgan fingerprint density at radius 2 is 2.13 bits per heavy atom. The summed E-state index contributed by atoms with van der Waals surface area (Å²) in [4.78, 5) is 19.2. The van der Waals surface area contributed by atoms with Crippen LogP contribution in [0.4, 0.5) is 0 Å². The first kappa shape index (κ1) is 16.4. The van der Waals surface area contributed by atoms with Gasteiger partial charge in [-0.05, 0) is 30.7 Å². The zero-order valence-corrected chi connectivity index (χ0v) is 14.8. The molecule has 1 amide bonds. The van der Waals surface area contributed by atoms with E-state index in [1.54, 1.807) is 11.8 Å². The number of hydrogen-bond acceptors (Lipinski definition) is 3. The molecule has 0 bridgehead atoms. The Balaban J connectivity index is 1.71. The lowest BCUT2D eigenvalue weighted by molar-refractivity contribution is 0.0780. The summed E-state index contributed by atoms with van der Waals surface area (Å²) in [5, 5.41) is 0.865. The van der Waals surface area contributed by atoms with Gasteiger partial charge in [0.1, 0.15) is 0 Å². The topological polar surface area (TPSA) is 37.6 Å². The molecule has 0 aromatic carbocycles. The van der Waals surface area contributed by atoms with Gasteiger partial charge in [-0.3, -0.25) is 9.20 Å². The van der Waals surface area contributed by atoms with Crippen LogP contribution in [-0.4, -0.2) is 40.0 Å². The minimum absolute atomic E-state index is 0.0322.